The molecule has 2 saturated heterocycles. The van der Waals surface area contributed by atoms with Gasteiger partial charge in [-0.2, -0.15) is 0 Å². The third-order valence-electron chi connectivity index (χ3n) is 6.72. The molecule has 0 N–H and O–H groups in total. The summed E-state index contributed by atoms with van der Waals surface area (Å²) in [5.74, 6) is 1.04. The molecule has 5 heteroatoms. The normalized spacial score (nSPS) is 21.9. The van der Waals surface area contributed by atoms with E-state index in [1.165, 1.54) is 21.9 Å². The van der Waals surface area contributed by atoms with Crippen molar-refractivity contribution in [3.8, 4) is 5.75 Å². The molecule has 0 radical (unpaired) electrons. The number of carbonyl (C=O) groups is 1. The van der Waals surface area contributed by atoms with Gasteiger partial charge in [0, 0.05) is 56.3 Å². The summed E-state index contributed by atoms with van der Waals surface area (Å²) in [6.07, 6.45) is 1.22. The molecular formula is C26H27ClN2O2. The van der Waals surface area contributed by atoms with Gasteiger partial charge in [-0.05, 0) is 41.5 Å². The van der Waals surface area contributed by atoms with Gasteiger partial charge < -0.3 is 9.64 Å². The Kier molecular flexibility index (Phi) is 5.37. The SMILES string of the molecule is COc1cc(N2CCN3C(CC(=O)CC3c3ccc4cc(C)ccc4c3)C2)ccc1Cl. The molecule has 2 atom stereocenters. The van der Waals surface area contributed by atoms with Crippen molar-refractivity contribution in [3.05, 3.63) is 70.7 Å². The molecule has 0 bridgehead atoms. The Morgan fingerprint density at radius 3 is 2.61 bits per heavy atom. The minimum Gasteiger partial charge on any atom is -0.495 e. The van der Waals surface area contributed by atoms with Crippen molar-refractivity contribution in [2.45, 2.75) is 31.8 Å². The second kappa shape index (κ2) is 8.18. The van der Waals surface area contributed by atoms with Crippen molar-refractivity contribution in [2.24, 2.45) is 0 Å². The molecule has 0 spiro atoms. The Balaban J connectivity index is 1.41. The molecule has 2 aliphatic rings. The minimum absolute atomic E-state index is 0.152. The lowest BCUT2D eigenvalue weighted by molar-refractivity contribution is -0.125. The fourth-order valence-corrected chi connectivity index (χ4v) is 5.32. The van der Waals surface area contributed by atoms with Gasteiger partial charge in [0.25, 0.3) is 0 Å². The van der Waals surface area contributed by atoms with Crippen molar-refractivity contribution >= 4 is 33.8 Å². The largest absolute Gasteiger partial charge is 0.495 e. The number of hydrogen-bond donors (Lipinski definition) is 0. The van der Waals surface area contributed by atoms with Gasteiger partial charge in [-0.3, -0.25) is 9.69 Å². The molecule has 31 heavy (non-hydrogen) atoms. The van der Waals surface area contributed by atoms with Gasteiger partial charge in [-0.15, -0.1) is 0 Å². The van der Waals surface area contributed by atoms with Crippen LogP contribution >= 0.6 is 11.6 Å². The van der Waals surface area contributed by atoms with Gasteiger partial charge in [0.05, 0.1) is 12.1 Å². The van der Waals surface area contributed by atoms with Gasteiger partial charge in [0.1, 0.15) is 11.5 Å². The third-order valence-corrected chi connectivity index (χ3v) is 7.03. The van der Waals surface area contributed by atoms with E-state index in [1.54, 1.807) is 7.11 Å². The zero-order valence-corrected chi connectivity index (χ0v) is 18.7. The average molecular weight is 435 g/mol. The van der Waals surface area contributed by atoms with Crippen LogP contribution < -0.4 is 9.64 Å². The number of halogens is 1. The Labute approximate surface area is 188 Å². The predicted molar refractivity (Wildman–Crippen MR) is 126 cm³/mol. The highest BCUT2D eigenvalue weighted by atomic mass is 35.5. The van der Waals surface area contributed by atoms with E-state index in [1.807, 2.05) is 18.2 Å². The number of piperidine rings is 1. The number of Topliss-reactive ketones (excluding diaryl/α,β-unsaturated/α-hetero) is 1. The first-order valence-electron chi connectivity index (χ1n) is 10.9. The summed E-state index contributed by atoms with van der Waals surface area (Å²) >= 11 is 6.21. The van der Waals surface area contributed by atoms with Gasteiger partial charge in [0.15, 0.2) is 0 Å². The number of anilines is 1. The molecule has 3 aromatic carbocycles. The van der Waals surface area contributed by atoms with Crippen LogP contribution in [0, 0.1) is 6.92 Å². The number of aryl methyl sites for hydroxylation is 1. The highest BCUT2D eigenvalue weighted by molar-refractivity contribution is 6.32. The fourth-order valence-electron chi connectivity index (χ4n) is 5.12. The highest BCUT2D eigenvalue weighted by Gasteiger charge is 2.39. The van der Waals surface area contributed by atoms with Crippen LogP contribution in [-0.2, 0) is 4.79 Å². The smallest absolute Gasteiger partial charge is 0.139 e. The molecule has 160 valence electrons. The Hall–Kier alpha value is -2.56. The lowest BCUT2D eigenvalue weighted by atomic mass is 9.87. The number of methoxy groups -OCH3 is 1. The summed E-state index contributed by atoms with van der Waals surface area (Å²) in [5, 5.41) is 3.11. The number of rotatable bonds is 3. The third kappa shape index (κ3) is 3.90. The maximum atomic E-state index is 12.7. The van der Waals surface area contributed by atoms with E-state index in [0.29, 0.717) is 29.4 Å². The van der Waals surface area contributed by atoms with Gasteiger partial charge in [0.2, 0.25) is 0 Å². The number of ketones is 1. The van der Waals surface area contributed by atoms with E-state index in [2.05, 4.69) is 53.1 Å². The first kappa shape index (κ1) is 20.3. The molecule has 0 aliphatic carbocycles. The van der Waals surface area contributed by atoms with Gasteiger partial charge >= 0.3 is 0 Å². The first-order valence-corrected chi connectivity index (χ1v) is 11.3. The van der Waals surface area contributed by atoms with Crippen molar-refractivity contribution in [3.63, 3.8) is 0 Å². The number of fused-ring (bicyclic) bond motifs is 2. The monoisotopic (exact) mass is 434 g/mol. The van der Waals surface area contributed by atoms with E-state index < -0.39 is 0 Å². The summed E-state index contributed by atoms with van der Waals surface area (Å²) in [7, 11) is 1.64. The second-order valence-corrected chi connectivity index (χ2v) is 9.14. The number of nitrogens with zero attached hydrogens (tertiary/aromatic N) is 2. The molecule has 0 amide bonds. The maximum Gasteiger partial charge on any atom is 0.139 e. The van der Waals surface area contributed by atoms with Crippen LogP contribution in [0.3, 0.4) is 0 Å². The number of hydrogen-bond acceptors (Lipinski definition) is 4. The van der Waals surface area contributed by atoms with E-state index in [-0.39, 0.29) is 12.1 Å². The van der Waals surface area contributed by atoms with Gasteiger partial charge in [-0.25, -0.2) is 0 Å². The molecule has 2 fully saturated rings. The Bertz CT molecular complexity index is 1150. The van der Waals surface area contributed by atoms with Crippen molar-refractivity contribution in [1.29, 1.82) is 0 Å². The average Bonchev–Trinajstić information content (AvgIpc) is 2.78. The quantitative estimate of drug-likeness (QED) is 0.552. The van der Waals surface area contributed by atoms with Crippen LogP contribution in [0.25, 0.3) is 10.8 Å². The summed E-state index contributed by atoms with van der Waals surface area (Å²) in [6, 6.07) is 19.5. The standard InChI is InChI=1S/C26H27ClN2O2/c1-17-3-4-19-12-20(6-5-18(19)11-17)25-15-23(30)13-22-16-28(9-10-29(22)25)21-7-8-24(27)26(14-21)31-2/h3-8,11-12,14,22,25H,9-10,13,15-16H2,1-2H3. The van der Waals surface area contributed by atoms with Crippen molar-refractivity contribution in [2.75, 3.05) is 31.6 Å². The molecule has 2 unspecified atom stereocenters. The second-order valence-electron chi connectivity index (χ2n) is 8.73. The van der Waals surface area contributed by atoms with E-state index in [9.17, 15) is 4.79 Å². The lowest BCUT2D eigenvalue weighted by Gasteiger charge is -2.48. The molecule has 2 aliphatic heterocycles. The van der Waals surface area contributed by atoms with Crippen molar-refractivity contribution < 1.29 is 9.53 Å². The number of benzene rings is 3. The molecular weight excluding hydrogens is 408 g/mol. The minimum atomic E-state index is 0.152. The molecule has 4 nitrogen and oxygen atoms in total. The first-order chi connectivity index (χ1) is 15.0. The number of piperazine rings is 1. The van der Waals surface area contributed by atoms with Gasteiger partial charge in [-0.1, -0.05) is 47.5 Å². The number of carbonyl (C=O) groups excluding carboxylic acids is 1. The van der Waals surface area contributed by atoms with E-state index in [0.717, 1.165) is 25.3 Å². The fraction of sp³-hybridized carbons (Fsp3) is 0.346. The summed E-state index contributed by atoms with van der Waals surface area (Å²) in [6.45, 7) is 4.80. The summed E-state index contributed by atoms with van der Waals surface area (Å²) in [5.41, 5.74) is 3.61. The predicted octanol–water partition coefficient (Wildman–Crippen LogP) is 5.41. The highest BCUT2D eigenvalue weighted by Crippen LogP contribution is 2.37. The molecule has 3 aromatic rings. The van der Waals surface area contributed by atoms with Crippen LogP contribution in [0.1, 0.15) is 30.0 Å². The van der Waals surface area contributed by atoms with E-state index in [4.69, 9.17) is 16.3 Å². The summed E-state index contributed by atoms with van der Waals surface area (Å²) < 4.78 is 5.39. The zero-order chi connectivity index (χ0) is 21.5. The maximum absolute atomic E-state index is 12.7. The summed E-state index contributed by atoms with van der Waals surface area (Å²) in [4.78, 5) is 17.6. The number of ether oxygens (including phenoxy) is 1. The molecule has 0 saturated carbocycles. The molecule has 5 rings (SSSR count). The van der Waals surface area contributed by atoms with Crippen LogP contribution in [0.4, 0.5) is 5.69 Å². The van der Waals surface area contributed by atoms with Crippen LogP contribution in [0.2, 0.25) is 5.02 Å². The lowest BCUT2D eigenvalue weighted by Crippen LogP contribution is -2.57. The van der Waals surface area contributed by atoms with Crippen molar-refractivity contribution in [1.82, 2.24) is 4.90 Å². The Morgan fingerprint density at radius 1 is 0.968 bits per heavy atom. The van der Waals surface area contributed by atoms with Crippen LogP contribution in [-0.4, -0.2) is 43.5 Å². The molecule has 2 heterocycles. The zero-order valence-electron chi connectivity index (χ0n) is 18.0. The van der Waals surface area contributed by atoms with E-state index >= 15 is 0 Å². The molecule has 0 aromatic heterocycles. The topological polar surface area (TPSA) is 32.8 Å². The van der Waals surface area contributed by atoms with Crippen LogP contribution in [0.15, 0.2) is 54.6 Å². The Morgan fingerprint density at radius 2 is 1.77 bits per heavy atom. The van der Waals surface area contributed by atoms with Crippen LogP contribution in [0.5, 0.6) is 5.75 Å².